The molecule has 1 unspecified atom stereocenters. The number of aromatic nitrogens is 2. The van der Waals surface area contributed by atoms with Gasteiger partial charge in [-0.25, -0.2) is 4.98 Å². The molecule has 0 aromatic carbocycles. The fourth-order valence-electron chi connectivity index (χ4n) is 1.23. The maximum atomic E-state index is 11.1. The van der Waals surface area contributed by atoms with Gasteiger partial charge in [0.25, 0.3) is 5.56 Å². The molecule has 0 aliphatic heterocycles. The topological polar surface area (TPSA) is 55.0 Å². The molecule has 1 heterocycles. The van der Waals surface area contributed by atoms with Crippen LogP contribution < -0.4 is 5.56 Å². The number of aryl methyl sites for hydroxylation is 1. The molecule has 1 aromatic heterocycles. The van der Waals surface area contributed by atoms with Gasteiger partial charge in [-0.15, -0.1) is 0 Å². The monoisotopic (exact) mass is 182 g/mol. The lowest BCUT2D eigenvalue weighted by molar-refractivity contribution is 0.0922. The third-order valence-corrected chi connectivity index (χ3v) is 1.85. The van der Waals surface area contributed by atoms with Gasteiger partial charge in [0.2, 0.25) is 0 Å². The van der Waals surface area contributed by atoms with Gasteiger partial charge in [-0.2, -0.15) is 0 Å². The highest BCUT2D eigenvalue weighted by atomic mass is 16.5. The predicted octanol–water partition coefficient (Wildman–Crippen LogP) is 1.18. The van der Waals surface area contributed by atoms with Gasteiger partial charge < -0.3 is 9.72 Å². The summed E-state index contributed by atoms with van der Waals surface area (Å²) in [6.45, 7) is 3.78. The first kappa shape index (κ1) is 9.92. The SMILES string of the molecule is CCC(OC)c1nc(C)cc(=O)[nH]1. The number of hydrogen-bond acceptors (Lipinski definition) is 3. The van der Waals surface area contributed by atoms with E-state index in [1.54, 1.807) is 14.0 Å². The van der Waals surface area contributed by atoms with Crippen LogP contribution in [0.15, 0.2) is 10.9 Å². The van der Waals surface area contributed by atoms with Crippen LogP contribution in [0.2, 0.25) is 0 Å². The summed E-state index contributed by atoms with van der Waals surface area (Å²) in [6, 6.07) is 1.46. The van der Waals surface area contributed by atoms with Crippen LogP contribution in [0.5, 0.6) is 0 Å². The standard InChI is InChI=1S/C9H14N2O2/c1-4-7(13-3)9-10-6(2)5-8(12)11-9/h5,7H,4H2,1-3H3,(H,10,11,12). The zero-order valence-corrected chi connectivity index (χ0v) is 8.13. The van der Waals surface area contributed by atoms with Crippen LogP contribution in [0.3, 0.4) is 0 Å². The normalized spacial score (nSPS) is 12.8. The molecule has 1 atom stereocenters. The highest BCUT2D eigenvalue weighted by molar-refractivity contribution is 5.02. The van der Waals surface area contributed by atoms with Crippen LogP contribution in [0.25, 0.3) is 0 Å². The second-order valence-corrected chi connectivity index (χ2v) is 2.90. The summed E-state index contributed by atoms with van der Waals surface area (Å²) in [7, 11) is 1.61. The van der Waals surface area contributed by atoms with E-state index in [0.29, 0.717) is 11.5 Å². The lowest BCUT2D eigenvalue weighted by Gasteiger charge is -2.11. The van der Waals surface area contributed by atoms with Crippen LogP contribution in [-0.2, 0) is 4.74 Å². The van der Waals surface area contributed by atoms with Crippen LogP contribution >= 0.6 is 0 Å². The molecule has 1 N–H and O–H groups in total. The van der Waals surface area contributed by atoms with E-state index in [2.05, 4.69) is 9.97 Å². The van der Waals surface area contributed by atoms with Crippen molar-refractivity contribution in [2.24, 2.45) is 0 Å². The van der Waals surface area contributed by atoms with Crippen molar-refractivity contribution in [3.8, 4) is 0 Å². The van der Waals surface area contributed by atoms with E-state index in [1.807, 2.05) is 6.92 Å². The number of rotatable bonds is 3. The van der Waals surface area contributed by atoms with Crippen molar-refractivity contribution in [1.82, 2.24) is 9.97 Å². The molecule has 13 heavy (non-hydrogen) atoms. The van der Waals surface area contributed by atoms with E-state index in [-0.39, 0.29) is 11.7 Å². The Morgan fingerprint density at radius 2 is 2.38 bits per heavy atom. The highest BCUT2D eigenvalue weighted by Crippen LogP contribution is 2.14. The smallest absolute Gasteiger partial charge is 0.251 e. The maximum absolute atomic E-state index is 11.1. The second kappa shape index (κ2) is 4.18. The van der Waals surface area contributed by atoms with Gasteiger partial charge >= 0.3 is 0 Å². The molecule has 0 fully saturated rings. The van der Waals surface area contributed by atoms with Crippen LogP contribution in [-0.4, -0.2) is 17.1 Å². The second-order valence-electron chi connectivity index (χ2n) is 2.90. The molecule has 0 saturated heterocycles. The zero-order valence-electron chi connectivity index (χ0n) is 8.13. The molecule has 4 heteroatoms. The van der Waals surface area contributed by atoms with Gasteiger partial charge in [-0.05, 0) is 13.3 Å². The Kier molecular flexibility index (Phi) is 3.19. The van der Waals surface area contributed by atoms with Gasteiger partial charge in [0.1, 0.15) is 11.9 Å². The lowest BCUT2D eigenvalue weighted by atomic mass is 10.2. The Hall–Kier alpha value is -1.16. The molecule has 72 valence electrons. The Morgan fingerprint density at radius 3 is 2.85 bits per heavy atom. The average Bonchev–Trinajstić information content (AvgIpc) is 2.04. The quantitative estimate of drug-likeness (QED) is 0.763. The molecule has 0 saturated carbocycles. The van der Waals surface area contributed by atoms with Crippen molar-refractivity contribution in [3.63, 3.8) is 0 Å². The van der Waals surface area contributed by atoms with Gasteiger partial charge in [-0.1, -0.05) is 6.92 Å². The maximum Gasteiger partial charge on any atom is 0.251 e. The van der Waals surface area contributed by atoms with E-state index in [4.69, 9.17) is 4.74 Å². The zero-order chi connectivity index (χ0) is 9.84. The molecule has 0 radical (unpaired) electrons. The number of H-pyrrole nitrogens is 1. The first-order valence-corrected chi connectivity index (χ1v) is 4.28. The summed E-state index contributed by atoms with van der Waals surface area (Å²) < 4.78 is 5.16. The molecular weight excluding hydrogens is 168 g/mol. The van der Waals surface area contributed by atoms with Crippen molar-refractivity contribution >= 4 is 0 Å². The Labute approximate surface area is 77.0 Å². The largest absolute Gasteiger partial charge is 0.374 e. The van der Waals surface area contributed by atoms with E-state index in [9.17, 15) is 4.79 Å². The summed E-state index contributed by atoms with van der Waals surface area (Å²) in [6.07, 6.45) is 0.677. The molecule has 0 bridgehead atoms. The molecular formula is C9H14N2O2. The minimum absolute atomic E-state index is 0.118. The van der Waals surface area contributed by atoms with Gasteiger partial charge in [0.05, 0.1) is 0 Å². The summed E-state index contributed by atoms with van der Waals surface area (Å²) in [5, 5.41) is 0. The molecule has 0 aliphatic rings. The molecule has 0 amide bonds. The van der Waals surface area contributed by atoms with E-state index < -0.39 is 0 Å². The molecule has 0 aliphatic carbocycles. The summed E-state index contributed by atoms with van der Waals surface area (Å²) in [5.41, 5.74) is 0.590. The van der Waals surface area contributed by atoms with E-state index >= 15 is 0 Å². The van der Waals surface area contributed by atoms with Crippen molar-refractivity contribution < 1.29 is 4.74 Å². The Balaban J connectivity index is 3.06. The number of aromatic amines is 1. The summed E-state index contributed by atoms with van der Waals surface area (Å²) in [5.74, 6) is 0.606. The minimum Gasteiger partial charge on any atom is -0.374 e. The third-order valence-electron chi connectivity index (χ3n) is 1.85. The third kappa shape index (κ3) is 2.39. The van der Waals surface area contributed by atoms with Gasteiger partial charge in [0.15, 0.2) is 0 Å². The van der Waals surface area contributed by atoms with Crippen LogP contribution in [0.4, 0.5) is 0 Å². The first-order valence-electron chi connectivity index (χ1n) is 4.28. The van der Waals surface area contributed by atoms with Crippen molar-refractivity contribution in [2.75, 3.05) is 7.11 Å². The Morgan fingerprint density at radius 1 is 1.69 bits per heavy atom. The first-order chi connectivity index (χ1) is 6.17. The number of ether oxygens (including phenoxy) is 1. The Bertz CT molecular complexity index is 329. The lowest BCUT2D eigenvalue weighted by Crippen LogP contribution is -2.15. The van der Waals surface area contributed by atoms with Crippen LogP contribution in [0, 0.1) is 6.92 Å². The number of methoxy groups -OCH3 is 1. The molecule has 0 spiro atoms. The highest BCUT2D eigenvalue weighted by Gasteiger charge is 2.10. The van der Waals surface area contributed by atoms with Crippen molar-refractivity contribution in [2.45, 2.75) is 26.4 Å². The fraction of sp³-hybridized carbons (Fsp3) is 0.556. The minimum atomic E-state index is -0.127. The number of nitrogens with zero attached hydrogens (tertiary/aromatic N) is 1. The van der Waals surface area contributed by atoms with E-state index in [1.165, 1.54) is 6.07 Å². The summed E-state index contributed by atoms with van der Waals surface area (Å²) >= 11 is 0. The molecule has 1 aromatic rings. The van der Waals surface area contributed by atoms with Gasteiger partial charge in [0, 0.05) is 18.9 Å². The van der Waals surface area contributed by atoms with Crippen LogP contribution in [0.1, 0.15) is 31.0 Å². The number of nitrogens with one attached hydrogen (secondary N) is 1. The molecule has 1 rings (SSSR count). The molecule has 4 nitrogen and oxygen atoms in total. The number of hydrogen-bond donors (Lipinski definition) is 1. The van der Waals surface area contributed by atoms with E-state index in [0.717, 1.165) is 6.42 Å². The predicted molar refractivity (Wildman–Crippen MR) is 49.6 cm³/mol. The van der Waals surface area contributed by atoms with Crippen molar-refractivity contribution in [3.05, 3.63) is 27.9 Å². The fourth-order valence-corrected chi connectivity index (χ4v) is 1.23. The summed E-state index contributed by atoms with van der Waals surface area (Å²) in [4.78, 5) is 18.0. The van der Waals surface area contributed by atoms with Gasteiger partial charge in [-0.3, -0.25) is 4.79 Å². The average molecular weight is 182 g/mol. The van der Waals surface area contributed by atoms with Crippen molar-refractivity contribution in [1.29, 1.82) is 0 Å².